The fraction of sp³-hybridized carbons (Fsp3) is 0.562. The molecule has 1 aliphatic rings. The van der Waals surface area contributed by atoms with E-state index in [1.807, 2.05) is 26.1 Å². The van der Waals surface area contributed by atoms with Gasteiger partial charge in [-0.2, -0.15) is 0 Å². The lowest BCUT2D eigenvalue weighted by atomic mass is 10.1. The molecule has 0 radical (unpaired) electrons. The van der Waals surface area contributed by atoms with E-state index < -0.39 is 0 Å². The average molecular weight is 275 g/mol. The molecule has 0 bridgehead atoms. The predicted molar refractivity (Wildman–Crippen MR) is 82.7 cm³/mol. The highest BCUT2D eigenvalue weighted by Crippen LogP contribution is 2.15. The predicted octanol–water partition coefficient (Wildman–Crippen LogP) is 2.08. The smallest absolute Gasteiger partial charge is 0.228 e. The maximum absolute atomic E-state index is 11.9. The summed E-state index contributed by atoms with van der Waals surface area (Å²) in [5.41, 5.74) is 2.19. The van der Waals surface area contributed by atoms with Crippen LogP contribution in [0.25, 0.3) is 0 Å². The summed E-state index contributed by atoms with van der Waals surface area (Å²) >= 11 is 0. The summed E-state index contributed by atoms with van der Waals surface area (Å²) in [6.45, 7) is 6.05. The highest BCUT2D eigenvalue weighted by molar-refractivity contribution is 5.92. The molecule has 1 atom stereocenters. The van der Waals surface area contributed by atoms with Gasteiger partial charge in [0.1, 0.15) is 0 Å². The van der Waals surface area contributed by atoms with Crippen molar-refractivity contribution in [2.75, 3.05) is 32.0 Å². The normalized spacial score (nSPS) is 17.1. The molecule has 1 amide bonds. The first-order valence-electron chi connectivity index (χ1n) is 7.46. The lowest BCUT2D eigenvalue weighted by Crippen LogP contribution is -2.28. The zero-order chi connectivity index (χ0) is 14.4. The van der Waals surface area contributed by atoms with Crippen molar-refractivity contribution >= 4 is 11.6 Å². The summed E-state index contributed by atoms with van der Waals surface area (Å²) < 4.78 is 0. The third-order valence-corrected chi connectivity index (χ3v) is 3.78. The number of benzene rings is 1. The number of carbonyl (C=O) groups is 1. The molecule has 0 aliphatic carbocycles. The molecule has 1 fully saturated rings. The Morgan fingerprint density at radius 3 is 2.50 bits per heavy atom. The summed E-state index contributed by atoms with van der Waals surface area (Å²) in [6.07, 6.45) is 2.63. The van der Waals surface area contributed by atoms with Gasteiger partial charge < -0.3 is 10.6 Å². The monoisotopic (exact) mass is 275 g/mol. The molecule has 1 aromatic carbocycles. The van der Waals surface area contributed by atoms with E-state index in [4.69, 9.17) is 0 Å². The van der Waals surface area contributed by atoms with Gasteiger partial charge in [0.25, 0.3) is 0 Å². The van der Waals surface area contributed by atoms with Crippen molar-refractivity contribution in [2.45, 2.75) is 26.3 Å². The van der Waals surface area contributed by atoms with E-state index in [1.54, 1.807) is 0 Å². The Hall–Kier alpha value is -1.39. The van der Waals surface area contributed by atoms with Crippen LogP contribution >= 0.6 is 0 Å². The molecular weight excluding hydrogens is 250 g/mol. The lowest BCUT2D eigenvalue weighted by molar-refractivity contribution is -0.119. The van der Waals surface area contributed by atoms with Crippen molar-refractivity contribution in [2.24, 2.45) is 5.92 Å². The van der Waals surface area contributed by atoms with Gasteiger partial charge in [-0.05, 0) is 50.7 Å². The first kappa shape index (κ1) is 15.0. The minimum atomic E-state index is -0.0238. The fourth-order valence-electron chi connectivity index (χ4n) is 2.56. The third kappa shape index (κ3) is 4.32. The van der Waals surface area contributed by atoms with E-state index in [2.05, 4.69) is 27.7 Å². The molecular formula is C16H25N3O. The minimum absolute atomic E-state index is 0.0238. The fourth-order valence-corrected chi connectivity index (χ4v) is 2.56. The summed E-state index contributed by atoms with van der Waals surface area (Å²) in [6, 6.07) is 8.21. The van der Waals surface area contributed by atoms with E-state index in [9.17, 15) is 4.79 Å². The molecule has 1 aromatic rings. The second-order valence-electron chi connectivity index (χ2n) is 5.63. The van der Waals surface area contributed by atoms with Crippen molar-refractivity contribution in [3.63, 3.8) is 0 Å². The number of anilines is 1. The van der Waals surface area contributed by atoms with E-state index in [-0.39, 0.29) is 11.8 Å². The number of likely N-dealkylation sites (tertiary alicyclic amines) is 1. The zero-order valence-corrected chi connectivity index (χ0v) is 12.5. The molecule has 2 rings (SSSR count). The van der Waals surface area contributed by atoms with Crippen LogP contribution in [0.4, 0.5) is 5.69 Å². The number of carbonyl (C=O) groups excluding carboxylic acids is 1. The Labute approximate surface area is 121 Å². The largest absolute Gasteiger partial charge is 0.326 e. The van der Waals surface area contributed by atoms with Crippen LogP contribution in [0.15, 0.2) is 24.3 Å². The molecule has 4 nitrogen and oxygen atoms in total. The Morgan fingerprint density at radius 1 is 1.25 bits per heavy atom. The van der Waals surface area contributed by atoms with Crippen LogP contribution in [0.2, 0.25) is 0 Å². The van der Waals surface area contributed by atoms with E-state index >= 15 is 0 Å². The quantitative estimate of drug-likeness (QED) is 0.835. The Balaban J connectivity index is 1.86. The van der Waals surface area contributed by atoms with Crippen molar-refractivity contribution in [3.8, 4) is 0 Å². The van der Waals surface area contributed by atoms with Gasteiger partial charge in [0, 0.05) is 24.7 Å². The highest BCUT2D eigenvalue weighted by atomic mass is 16.1. The first-order chi connectivity index (χ1) is 9.69. The Kier molecular flexibility index (Phi) is 5.56. The Morgan fingerprint density at radius 2 is 1.90 bits per heavy atom. The SMILES string of the molecule is CNCC(C)C(=O)Nc1ccc(CN2CCCC2)cc1. The van der Waals surface area contributed by atoms with Gasteiger partial charge in [0.2, 0.25) is 5.91 Å². The molecule has 110 valence electrons. The summed E-state index contributed by atoms with van der Waals surface area (Å²) in [5.74, 6) is 0.0379. The van der Waals surface area contributed by atoms with Crippen molar-refractivity contribution in [3.05, 3.63) is 29.8 Å². The van der Waals surface area contributed by atoms with Gasteiger partial charge in [-0.1, -0.05) is 19.1 Å². The van der Waals surface area contributed by atoms with Crippen LogP contribution in [0.1, 0.15) is 25.3 Å². The molecule has 1 unspecified atom stereocenters. The van der Waals surface area contributed by atoms with Crippen molar-refractivity contribution in [1.29, 1.82) is 0 Å². The molecule has 2 N–H and O–H groups in total. The van der Waals surface area contributed by atoms with Gasteiger partial charge in [-0.3, -0.25) is 9.69 Å². The minimum Gasteiger partial charge on any atom is -0.326 e. The van der Waals surface area contributed by atoms with Crippen LogP contribution in [0.3, 0.4) is 0 Å². The van der Waals surface area contributed by atoms with Crippen LogP contribution in [0.5, 0.6) is 0 Å². The molecule has 20 heavy (non-hydrogen) atoms. The van der Waals surface area contributed by atoms with Gasteiger partial charge >= 0.3 is 0 Å². The summed E-state index contributed by atoms with van der Waals surface area (Å²) in [4.78, 5) is 14.4. The number of hydrogen-bond donors (Lipinski definition) is 2. The van der Waals surface area contributed by atoms with Gasteiger partial charge in [-0.25, -0.2) is 0 Å². The molecule has 0 saturated carbocycles. The third-order valence-electron chi connectivity index (χ3n) is 3.78. The summed E-state index contributed by atoms with van der Waals surface area (Å²) in [5, 5.41) is 5.97. The number of amides is 1. The average Bonchev–Trinajstić information content (AvgIpc) is 2.94. The summed E-state index contributed by atoms with van der Waals surface area (Å²) in [7, 11) is 1.86. The van der Waals surface area contributed by atoms with E-state index in [0.29, 0.717) is 6.54 Å². The molecule has 1 saturated heterocycles. The number of hydrogen-bond acceptors (Lipinski definition) is 3. The highest BCUT2D eigenvalue weighted by Gasteiger charge is 2.13. The Bertz CT molecular complexity index is 424. The molecule has 0 spiro atoms. The molecule has 0 aromatic heterocycles. The standard InChI is InChI=1S/C16H25N3O/c1-13(11-17-2)16(20)18-15-7-5-14(6-8-15)12-19-9-3-4-10-19/h5-8,13,17H,3-4,9-12H2,1-2H3,(H,18,20). The van der Waals surface area contributed by atoms with E-state index in [1.165, 1.54) is 31.5 Å². The second-order valence-corrected chi connectivity index (χ2v) is 5.63. The zero-order valence-electron chi connectivity index (χ0n) is 12.5. The topological polar surface area (TPSA) is 44.4 Å². The second kappa shape index (κ2) is 7.41. The van der Waals surface area contributed by atoms with Crippen LogP contribution in [0, 0.1) is 5.92 Å². The van der Waals surface area contributed by atoms with E-state index in [0.717, 1.165) is 12.2 Å². The van der Waals surface area contributed by atoms with Gasteiger partial charge in [-0.15, -0.1) is 0 Å². The van der Waals surface area contributed by atoms with Crippen molar-refractivity contribution < 1.29 is 4.79 Å². The number of nitrogens with zero attached hydrogens (tertiary/aromatic N) is 1. The lowest BCUT2D eigenvalue weighted by Gasteiger charge is -2.15. The van der Waals surface area contributed by atoms with Gasteiger partial charge in [0.05, 0.1) is 0 Å². The molecule has 1 aliphatic heterocycles. The van der Waals surface area contributed by atoms with Crippen molar-refractivity contribution in [1.82, 2.24) is 10.2 Å². The molecule has 4 heteroatoms. The van der Waals surface area contributed by atoms with Crippen LogP contribution in [-0.2, 0) is 11.3 Å². The first-order valence-corrected chi connectivity index (χ1v) is 7.46. The maximum atomic E-state index is 11.9. The molecule has 1 heterocycles. The van der Waals surface area contributed by atoms with Crippen LogP contribution < -0.4 is 10.6 Å². The maximum Gasteiger partial charge on any atom is 0.228 e. The number of rotatable bonds is 6. The number of nitrogens with one attached hydrogen (secondary N) is 2. The van der Waals surface area contributed by atoms with Crippen LogP contribution in [-0.4, -0.2) is 37.5 Å². The van der Waals surface area contributed by atoms with Gasteiger partial charge in [0.15, 0.2) is 0 Å².